The van der Waals surface area contributed by atoms with Crippen molar-refractivity contribution in [1.29, 1.82) is 0 Å². The van der Waals surface area contributed by atoms with Crippen LogP contribution in [0, 0.1) is 0 Å². The Morgan fingerprint density at radius 2 is 2.00 bits per heavy atom. The van der Waals surface area contributed by atoms with Crippen molar-refractivity contribution < 1.29 is 28.5 Å². The first-order chi connectivity index (χ1) is 5.79. The van der Waals surface area contributed by atoms with Gasteiger partial charge in [0.05, 0.1) is 0 Å². The first-order valence-electron chi connectivity index (χ1n) is 4.55. The van der Waals surface area contributed by atoms with Crippen molar-refractivity contribution in [3.63, 3.8) is 0 Å². The molecular formula is C9H16ClHgNO. The second-order valence-electron chi connectivity index (χ2n) is 4.89. The van der Waals surface area contributed by atoms with Gasteiger partial charge in [-0.15, -0.1) is 0 Å². The van der Waals surface area contributed by atoms with Gasteiger partial charge < -0.3 is 0 Å². The molecule has 13 heavy (non-hydrogen) atoms. The number of hydrogen-bond acceptors (Lipinski definition) is 2. The van der Waals surface area contributed by atoms with Crippen LogP contribution in [0.3, 0.4) is 0 Å². The van der Waals surface area contributed by atoms with Gasteiger partial charge in [-0.1, -0.05) is 0 Å². The van der Waals surface area contributed by atoms with Gasteiger partial charge in [0.1, 0.15) is 0 Å². The van der Waals surface area contributed by atoms with Crippen molar-refractivity contribution in [1.82, 2.24) is 5.06 Å². The summed E-state index contributed by atoms with van der Waals surface area (Å²) in [5, 5.41) is 11.4. The molecule has 0 unspecified atom stereocenters. The Hall–Kier alpha value is 0.885. The third-order valence-electron chi connectivity index (χ3n) is 2.51. The monoisotopic (exact) mass is 391 g/mol. The van der Waals surface area contributed by atoms with Crippen LogP contribution in [0.15, 0.2) is 9.16 Å². The van der Waals surface area contributed by atoms with E-state index in [2.05, 4.69) is 19.9 Å². The second kappa shape index (κ2) is 3.80. The molecule has 1 rings (SSSR count). The van der Waals surface area contributed by atoms with Crippen molar-refractivity contribution in [3.8, 4) is 0 Å². The van der Waals surface area contributed by atoms with Gasteiger partial charge in [-0.05, 0) is 0 Å². The molecule has 0 aromatic rings. The zero-order valence-electron chi connectivity index (χ0n) is 8.76. The number of rotatable bonds is 1. The number of halogens is 1. The fourth-order valence-corrected chi connectivity index (χ4v) is 8.60. The van der Waals surface area contributed by atoms with E-state index in [1.54, 1.807) is 0 Å². The molecule has 0 atom stereocenters. The fourth-order valence-electron chi connectivity index (χ4n) is 2.11. The van der Waals surface area contributed by atoms with Crippen LogP contribution >= 0.6 is 8.25 Å². The van der Waals surface area contributed by atoms with Crippen LogP contribution in [0.25, 0.3) is 0 Å². The minimum absolute atomic E-state index is 0.164. The van der Waals surface area contributed by atoms with Gasteiger partial charge in [-0.3, -0.25) is 0 Å². The molecule has 0 amide bonds. The summed E-state index contributed by atoms with van der Waals surface area (Å²) >= 11 is -1.29. The van der Waals surface area contributed by atoms with Crippen molar-refractivity contribution in [3.05, 3.63) is 9.16 Å². The Kier molecular flexibility index (Phi) is 3.50. The molecular weight excluding hydrogens is 374 g/mol. The van der Waals surface area contributed by atoms with Crippen molar-refractivity contribution >= 4 is 8.25 Å². The summed E-state index contributed by atoms with van der Waals surface area (Å²) in [6, 6.07) is 0. The molecule has 1 heterocycles. The molecule has 0 spiro atoms. The Morgan fingerprint density at radius 3 is 2.38 bits per heavy atom. The van der Waals surface area contributed by atoms with E-state index in [0.717, 1.165) is 6.42 Å². The van der Waals surface area contributed by atoms with Gasteiger partial charge in [-0.2, -0.15) is 0 Å². The Bertz CT molecular complexity index is 238. The third-order valence-corrected chi connectivity index (χ3v) is 8.62. The van der Waals surface area contributed by atoms with Gasteiger partial charge in [0.25, 0.3) is 0 Å². The summed E-state index contributed by atoms with van der Waals surface area (Å²) in [6.07, 6.45) is 3.07. The van der Waals surface area contributed by atoms with E-state index in [9.17, 15) is 5.21 Å². The van der Waals surface area contributed by atoms with E-state index in [1.165, 1.54) is 8.15 Å². The van der Waals surface area contributed by atoms with Gasteiger partial charge in [-0.25, -0.2) is 0 Å². The minimum atomic E-state index is -1.29. The Balaban J connectivity index is 3.01. The number of hydroxylamine groups is 2. The van der Waals surface area contributed by atoms with Crippen molar-refractivity contribution in [2.45, 2.75) is 45.2 Å². The Labute approximate surface area is 95.8 Å². The zero-order chi connectivity index (χ0) is 10.3. The molecule has 0 bridgehead atoms. The molecule has 1 N–H and O–H groups in total. The number of nitrogens with zero attached hydrogens (tertiary/aromatic N) is 1. The van der Waals surface area contributed by atoms with E-state index in [0.29, 0.717) is 0 Å². The van der Waals surface area contributed by atoms with Crippen molar-refractivity contribution in [2.75, 3.05) is 0 Å². The molecule has 0 fully saturated rings. The predicted octanol–water partition coefficient (Wildman–Crippen LogP) is 2.76. The summed E-state index contributed by atoms with van der Waals surface area (Å²) in [5.41, 5.74) is -0.422. The summed E-state index contributed by atoms with van der Waals surface area (Å²) < 4.78 is 1.43. The average Bonchev–Trinajstić information content (AvgIpc) is 1.99. The van der Waals surface area contributed by atoms with Crippen molar-refractivity contribution in [2.24, 2.45) is 0 Å². The summed E-state index contributed by atoms with van der Waals surface area (Å²) in [4.78, 5) is 0. The van der Waals surface area contributed by atoms with Crippen LogP contribution in [0.2, 0.25) is 0 Å². The van der Waals surface area contributed by atoms with Crippen LogP contribution in [0.4, 0.5) is 0 Å². The molecule has 0 aliphatic carbocycles. The first-order valence-corrected chi connectivity index (χ1v) is 14.1. The maximum atomic E-state index is 9.95. The van der Waals surface area contributed by atoms with Gasteiger partial charge in [0, 0.05) is 0 Å². The molecule has 72 valence electrons. The van der Waals surface area contributed by atoms with Crippen LogP contribution in [0.5, 0.6) is 0 Å². The summed E-state index contributed by atoms with van der Waals surface area (Å²) in [7, 11) is 6.04. The average molecular weight is 390 g/mol. The normalized spacial score (nSPS) is 26.5. The molecule has 4 heteroatoms. The van der Waals surface area contributed by atoms with Crippen LogP contribution in [0.1, 0.15) is 34.1 Å². The zero-order valence-corrected chi connectivity index (χ0v) is 15.0. The van der Waals surface area contributed by atoms with E-state index < -0.39 is 23.3 Å². The SMILES string of the molecule is CC1(C)C=[C]([Hg][Cl])CC(C)(C)N1O. The molecule has 0 aromatic heterocycles. The molecule has 1 aliphatic heterocycles. The van der Waals surface area contributed by atoms with Crippen LogP contribution in [-0.4, -0.2) is 21.3 Å². The second-order valence-corrected chi connectivity index (χ2v) is 11.8. The van der Waals surface area contributed by atoms with E-state index >= 15 is 0 Å². The van der Waals surface area contributed by atoms with Crippen LogP contribution < -0.4 is 0 Å². The standard InChI is InChI=1S/C9H16NO.ClH.Hg/c1-8(2)6-5-7-9(3,4)10(8)11;;/h6,11H,7H2,1-4H3;1H;/q;;+1/p-1. The summed E-state index contributed by atoms with van der Waals surface area (Å²) in [6.45, 7) is 8.16. The van der Waals surface area contributed by atoms with E-state index in [4.69, 9.17) is 8.25 Å². The molecule has 0 radical (unpaired) electrons. The molecule has 1 aliphatic rings. The van der Waals surface area contributed by atoms with E-state index in [-0.39, 0.29) is 11.1 Å². The van der Waals surface area contributed by atoms with Gasteiger partial charge in [0.2, 0.25) is 0 Å². The first kappa shape index (κ1) is 12.0. The topological polar surface area (TPSA) is 23.5 Å². The fraction of sp³-hybridized carbons (Fsp3) is 0.778. The third kappa shape index (κ3) is 2.47. The molecule has 0 saturated carbocycles. The molecule has 0 saturated heterocycles. The number of hydrogen-bond donors (Lipinski definition) is 1. The Morgan fingerprint density at radius 1 is 1.46 bits per heavy atom. The molecule has 2 nitrogen and oxygen atoms in total. The van der Waals surface area contributed by atoms with Gasteiger partial charge in [0.15, 0.2) is 0 Å². The summed E-state index contributed by atoms with van der Waals surface area (Å²) in [5.74, 6) is 0. The maximum absolute atomic E-state index is 9.95. The van der Waals surface area contributed by atoms with E-state index in [1.807, 2.05) is 13.8 Å². The van der Waals surface area contributed by atoms with Crippen LogP contribution in [-0.2, 0) is 23.3 Å². The predicted molar refractivity (Wildman–Crippen MR) is 50.3 cm³/mol. The quantitative estimate of drug-likeness (QED) is 0.697. The van der Waals surface area contributed by atoms with Gasteiger partial charge >= 0.3 is 96.2 Å². The molecule has 0 aromatic carbocycles.